The molecule has 19 heavy (non-hydrogen) atoms. The van der Waals surface area contributed by atoms with Gasteiger partial charge in [-0.05, 0) is 35.4 Å². The first-order valence-electron chi connectivity index (χ1n) is 5.54. The van der Waals surface area contributed by atoms with Crippen molar-refractivity contribution in [2.45, 2.75) is 0 Å². The van der Waals surface area contributed by atoms with Crippen molar-refractivity contribution >= 4 is 0 Å². The van der Waals surface area contributed by atoms with Gasteiger partial charge in [0, 0.05) is 6.20 Å². The Labute approximate surface area is 107 Å². The van der Waals surface area contributed by atoms with E-state index < -0.39 is 5.76 Å². The Kier molecular flexibility index (Phi) is 2.60. The third-order valence-corrected chi connectivity index (χ3v) is 2.62. The molecule has 2 N–H and O–H groups in total. The number of nitrogens with zero attached hydrogens (tertiary/aromatic N) is 2. The van der Waals surface area contributed by atoms with E-state index in [4.69, 9.17) is 0 Å². The molecule has 0 atom stereocenters. The van der Waals surface area contributed by atoms with E-state index in [1.54, 1.807) is 36.5 Å². The molecule has 0 bridgehead atoms. The minimum absolute atomic E-state index is 0.186. The van der Waals surface area contributed by atoms with Crippen molar-refractivity contribution in [3.05, 3.63) is 53.1 Å². The molecule has 3 aromatic rings. The van der Waals surface area contributed by atoms with Crippen LogP contribution in [-0.4, -0.2) is 20.2 Å². The molecule has 0 spiro atoms. The Balaban J connectivity index is 2.07. The first kappa shape index (κ1) is 11.2. The van der Waals surface area contributed by atoms with E-state index in [1.165, 1.54) is 0 Å². The van der Waals surface area contributed by atoms with Crippen LogP contribution < -0.4 is 5.76 Å². The monoisotopic (exact) mass is 255 g/mol. The molecule has 0 saturated heterocycles. The number of pyridine rings is 1. The molecular weight excluding hydrogens is 246 g/mol. The van der Waals surface area contributed by atoms with Gasteiger partial charge in [-0.2, -0.15) is 0 Å². The van der Waals surface area contributed by atoms with Crippen LogP contribution in [0.25, 0.3) is 22.6 Å². The molecule has 0 aliphatic heterocycles. The van der Waals surface area contributed by atoms with Crippen LogP contribution in [0.3, 0.4) is 0 Å². The summed E-state index contributed by atoms with van der Waals surface area (Å²) in [4.78, 5) is 17.5. The zero-order valence-electron chi connectivity index (χ0n) is 9.70. The number of aromatic hydroxyl groups is 1. The molecule has 1 aromatic carbocycles. The summed E-state index contributed by atoms with van der Waals surface area (Å²) in [7, 11) is 0. The molecule has 0 unspecified atom stereocenters. The Morgan fingerprint density at radius 1 is 1.16 bits per heavy atom. The molecule has 2 heterocycles. The number of benzene rings is 1. The van der Waals surface area contributed by atoms with E-state index in [-0.39, 0.29) is 11.6 Å². The lowest BCUT2D eigenvalue weighted by Crippen LogP contribution is -1.95. The first-order chi connectivity index (χ1) is 9.22. The van der Waals surface area contributed by atoms with Gasteiger partial charge in [0.25, 0.3) is 0 Å². The number of rotatable bonds is 2. The van der Waals surface area contributed by atoms with Crippen molar-refractivity contribution in [1.29, 1.82) is 0 Å². The maximum Gasteiger partial charge on any atom is 0.439 e. The summed E-state index contributed by atoms with van der Waals surface area (Å²) in [6, 6.07) is 10.4. The summed E-state index contributed by atoms with van der Waals surface area (Å²) in [5.41, 5.74) is 2.19. The fourth-order valence-electron chi connectivity index (χ4n) is 1.77. The number of phenolic OH excluding ortho intramolecular Hbond substituents is 1. The maximum absolute atomic E-state index is 10.9. The van der Waals surface area contributed by atoms with Gasteiger partial charge in [0.2, 0.25) is 5.82 Å². The Morgan fingerprint density at radius 2 is 2.00 bits per heavy atom. The molecule has 0 amide bonds. The fourth-order valence-corrected chi connectivity index (χ4v) is 1.77. The van der Waals surface area contributed by atoms with E-state index in [2.05, 4.69) is 19.6 Å². The molecule has 94 valence electrons. The van der Waals surface area contributed by atoms with Crippen LogP contribution in [0.5, 0.6) is 5.75 Å². The quantitative estimate of drug-likeness (QED) is 0.728. The lowest BCUT2D eigenvalue weighted by atomic mass is 10.1. The molecule has 6 nitrogen and oxygen atoms in total. The highest BCUT2D eigenvalue weighted by Crippen LogP contribution is 2.25. The Hall–Kier alpha value is -2.89. The van der Waals surface area contributed by atoms with Crippen LogP contribution in [-0.2, 0) is 0 Å². The van der Waals surface area contributed by atoms with E-state index in [1.807, 2.05) is 6.07 Å². The lowest BCUT2D eigenvalue weighted by Gasteiger charge is -2.03. The van der Waals surface area contributed by atoms with Crippen molar-refractivity contribution in [2.75, 3.05) is 0 Å². The van der Waals surface area contributed by atoms with E-state index in [0.29, 0.717) is 5.69 Å². The molecule has 0 fully saturated rings. The van der Waals surface area contributed by atoms with Crippen molar-refractivity contribution < 1.29 is 9.63 Å². The van der Waals surface area contributed by atoms with E-state index in [0.717, 1.165) is 11.1 Å². The second-order valence-electron chi connectivity index (χ2n) is 3.92. The summed E-state index contributed by atoms with van der Waals surface area (Å²) in [5, 5.41) is 13.1. The van der Waals surface area contributed by atoms with Gasteiger partial charge in [0.1, 0.15) is 11.4 Å². The number of nitrogens with one attached hydrogen (secondary N) is 1. The van der Waals surface area contributed by atoms with Crippen molar-refractivity contribution in [1.82, 2.24) is 15.1 Å². The number of phenols is 1. The molecule has 0 aliphatic carbocycles. The summed E-state index contributed by atoms with van der Waals surface area (Å²) in [5.74, 6) is -0.169. The largest absolute Gasteiger partial charge is 0.508 e. The van der Waals surface area contributed by atoms with Gasteiger partial charge in [-0.25, -0.2) is 4.79 Å². The van der Waals surface area contributed by atoms with Crippen molar-refractivity contribution in [2.24, 2.45) is 0 Å². The van der Waals surface area contributed by atoms with E-state index >= 15 is 0 Å². The topological polar surface area (TPSA) is 92.0 Å². The summed E-state index contributed by atoms with van der Waals surface area (Å²) >= 11 is 0. The zero-order chi connectivity index (χ0) is 13.2. The number of aromatic nitrogens is 3. The summed E-state index contributed by atoms with van der Waals surface area (Å²) in [6.45, 7) is 0. The van der Waals surface area contributed by atoms with Gasteiger partial charge < -0.3 is 5.11 Å². The van der Waals surface area contributed by atoms with Crippen molar-refractivity contribution in [3.63, 3.8) is 0 Å². The van der Waals surface area contributed by atoms with Gasteiger partial charge in [0.15, 0.2) is 0 Å². The molecule has 2 aromatic heterocycles. The minimum Gasteiger partial charge on any atom is -0.508 e. The first-order valence-corrected chi connectivity index (χ1v) is 5.54. The molecule has 0 aliphatic rings. The number of aromatic amines is 1. The predicted molar refractivity (Wildman–Crippen MR) is 67.5 cm³/mol. The highest BCUT2D eigenvalue weighted by Gasteiger charge is 2.07. The van der Waals surface area contributed by atoms with Crippen LogP contribution in [0.2, 0.25) is 0 Å². The molecule has 0 saturated carbocycles. The predicted octanol–water partition coefficient (Wildman–Crippen LogP) is 1.80. The summed E-state index contributed by atoms with van der Waals surface area (Å²) in [6.07, 6.45) is 1.60. The van der Waals surface area contributed by atoms with Crippen LogP contribution in [0, 0.1) is 0 Å². The lowest BCUT2D eigenvalue weighted by molar-refractivity contribution is 0.387. The highest BCUT2D eigenvalue weighted by atomic mass is 16.5. The van der Waals surface area contributed by atoms with Gasteiger partial charge in [-0.1, -0.05) is 17.3 Å². The fraction of sp³-hybridized carbons (Fsp3) is 0. The minimum atomic E-state index is -0.625. The van der Waals surface area contributed by atoms with Crippen molar-refractivity contribution in [3.8, 4) is 28.4 Å². The SMILES string of the molecule is O=c1[nH]c(-c2cc(-c3cccc(O)c3)ccn2)no1. The van der Waals surface area contributed by atoms with E-state index in [9.17, 15) is 9.90 Å². The average molecular weight is 255 g/mol. The normalized spacial score (nSPS) is 10.5. The maximum atomic E-state index is 10.9. The zero-order valence-corrected chi connectivity index (χ0v) is 9.70. The number of hydrogen-bond donors (Lipinski definition) is 2. The Bertz CT molecular complexity index is 776. The standard InChI is InChI=1S/C13H9N3O3/c17-10-3-1-2-8(6-10)9-4-5-14-11(7-9)12-15-13(18)19-16-12/h1-7,17H,(H,15,16,18). The molecule has 3 rings (SSSR count). The van der Waals surface area contributed by atoms with Crippen LogP contribution >= 0.6 is 0 Å². The van der Waals surface area contributed by atoms with Gasteiger partial charge in [-0.15, -0.1) is 0 Å². The van der Waals surface area contributed by atoms with Crippen LogP contribution in [0.1, 0.15) is 0 Å². The second kappa shape index (κ2) is 4.41. The highest BCUT2D eigenvalue weighted by molar-refractivity contribution is 5.68. The smallest absolute Gasteiger partial charge is 0.439 e. The molecule has 6 heteroatoms. The average Bonchev–Trinajstić information content (AvgIpc) is 2.86. The molecular formula is C13H9N3O3. The third-order valence-electron chi connectivity index (χ3n) is 2.62. The number of hydrogen-bond acceptors (Lipinski definition) is 5. The van der Waals surface area contributed by atoms with Gasteiger partial charge in [0.05, 0.1) is 0 Å². The third kappa shape index (κ3) is 2.23. The number of H-pyrrole nitrogens is 1. The van der Waals surface area contributed by atoms with Gasteiger partial charge >= 0.3 is 5.76 Å². The molecule has 0 radical (unpaired) electrons. The van der Waals surface area contributed by atoms with Crippen LogP contribution in [0.15, 0.2) is 51.9 Å². The van der Waals surface area contributed by atoms with Crippen LogP contribution in [0.4, 0.5) is 0 Å². The van der Waals surface area contributed by atoms with Gasteiger partial charge in [-0.3, -0.25) is 14.5 Å². The Morgan fingerprint density at radius 3 is 2.74 bits per heavy atom. The summed E-state index contributed by atoms with van der Waals surface area (Å²) < 4.78 is 4.44. The second-order valence-corrected chi connectivity index (χ2v) is 3.92.